The van der Waals surface area contributed by atoms with Crippen LogP contribution in [0.25, 0.3) is 6.20 Å². The number of rotatable bonds is 19. The van der Waals surface area contributed by atoms with Crippen molar-refractivity contribution in [2.75, 3.05) is 31.7 Å². The normalized spacial score (nSPS) is 19.4. The summed E-state index contributed by atoms with van der Waals surface area (Å²) in [7, 11) is -3.99. The average Bonchev–Trinajstić information content (AvgIpc) is 3.72. The van der Waals surface area contributed by atoms with E-state index in [-0.39, 0.29) is 48.9 Å². The zero-order valence-corrected chi connectivity index (χ0v) is 28.9. The van der Waals surface area contributed by atoms with Crippen LogP contribution in [0.5, 0.6) is 5.75 Å². The molecule has 0 saturated heterocycles. The third-order valence-electron chi connectivity index (χ3n) is 8.41. The van der Waals surface area contributed by atoms with Crippen LogP contribution in [-0.2, 0) is 28.2 Å². The van der Waals surface area contributed by atoms with Crippen molar-refractivity contribution < 1.29 is 32.7 Å². The predicted molar refractivity (Wildman–Crippen MR) is 178 cm³/mol. The maximum absolute atomic E-state index is 14.6. The third kappa shape index (κ3) is 10.8. The van der Waals surface area contributed by atoms with Crippen LogP contribution in [0.4, 0.5) is 5.82 Å². The summed E-state index contributed by atoms with van der Waals surface area (Å²) in [6, 6.07) is 10.2. The number of nitrogen functional groups attached to an aromatic ring is 1. The fraction of sp³-hybridized carbons (Fsp3) is 0.588. The Morgan fingerprint density at radius 1 is 1.02 bits per heavy atom. The summed E-state index contributed by atoms with van der Waals surface area (Å²) < 4.78 is 39.5. The number of esters is 2. The zero-order valence-electron chi connectivity index (χ0n) is 28.0. The van der Waals surface area contributed by atoms with E-state index in [2.05, 4.69) is 18.8 Å². The van der Waals surface area contributed by atoms with Crippen molar-refractivity contribution in [3.63, 3.8) is 0 Å². The number of ether oxygens (including phenoxy) is 2. The van der Waals surface area contributed by atoms with E-state index in [0.717, 1.165) is 18.4 Å². The van der Waals surface area contributed by atoms with Crippen molar-refractivity contribution in [2.24, 2.45) is 29.1 Å². The third-order valence-corrected chi connectivity index (χ3v) is 10.3. The van der Waals surface area contributed by atoms with Crippen molar-refractivity contribution in [2.45, 2.75) is 73.6 Å². The molecular formula is C34H50N3O8P. The van der Waals surface area contributed by atoms with Gasteiger partial charge < -0.3 is 19.7 Å². The van der Waals surface area contributed by atoms with Crippen molar-refractivity contribution in [1.29, 1.82) is 0 Å². The van der Waals surface area contributed by atoms with Crippen LogP contribution in [0.15, 0.2) is 53.0 Å². The Labute approximate surface area is 272 Å². The number of hydrogen-bond donors (Lipinski definition) is 1. The van der Waals surface area contributed by atoms with Crippen molar-refractivity contribution >= 4 is 31.6 Å². The van der Waals surface area contributed by atoms with E-state index >= 15 is 0 Å². The summed E-state index contributed by atoms with van der Waals surface area (Å²) in [4.78, 5) is 42.2. The number of benzene rings is 1. The number of carbonyl (C=O) groups excluding carboxylic acids is 2. The Balaban J connectivity index is 1.91. The van der Waals surface area contributed by atoms with Gasteiger partial charge in [0.1, 0.15) is 18.2 Å². The molecule has 1 saturated carbocycles. The smallest absolute Gasteiger partial charge is 0.380 e. The van der Waals surface area contributed by atoms with Gasteiger partial charge in [-0.05, 0) is 54.9 Å². The van der Waals surface area contributed by atoms with Gasteiger partial charge in [0.25, 0.3) is 0 Å². The van der Waals surface area contributed by atoms with E-state index in [1.807, 2.05) is 26.8 Å². The number of aromatic nitrogens is 2. The molecule has 2 unspecified atom stereocenters. The summed E-state index contributed by atoms with van der Waals surface area (Å²) in [6.07, 6.45) is 6.14. The van der Waals surface area contributed by atoms with Gasteiger partial charge in [-0.25, -0.2) is 9.36 Å². The molecule has 0 radical (unpaired) electrons. The molecule has 1 aromatic carbocycles. The van der Waals surface area contributed by atoms with Crippen molar-refractivity contribution in [1.82, 2.24) is 9.55 Å². The molecule has 11 nitrogen and oxygen atoms in total. The maximum atomic E-state index is 14.6. The van der Waals surface area contributed by atoms with Crippen molar-refractivity contribution in [3.05, 3.63) is 58.7 Å². The summed E-state index contributed by atoms with van der Waals surface area (Å²) in [5, 5.41) is 0. The number of anilines is 1. The largest absolute Gasteiger partial charge is 0.465 e. The van der Waals surface area contributed by atoms with E-state index in [1.165, 1.54) is 16.8 Å². The molecule has 254 valence electrons. The molecule has 3 rings (SSSR count). The molecule has 0 bridgehead atoms. The highest BCUT2D eigenvalue weighted by Crippen LogP contribution is 2.58. The molecule has 1 heterocycles. The van der Waals surface area contributed by atoms with E-state index in [1.54, 1.807) is 37.4 Å². The van der Waals surface area contributed by atoms with Gasteiger partial charge in [0.05, 0.1) is 36.6 Å². The number of hydrogen-bond acceptors (Lipinski definition) is 10. The van der Waals surface area contributed by atoms with Gasteiger partial charge in [-0.1, -0.05) is 72.6 Å². The van der Waals surface area contributed by atoms with Crippen LogP contribution in [0.2, 0.25) is 0 Å². The number of para-hydroxylation sites is 1. The van der Waals surface area contributed by atoms with Crippen LogP contribution >= 0.6 is 7.60 Å². The van der Waals surface area contributed by atoms with Crippen LogP contribution in [0.3, 0.4) is 0 Å². The highest BCUT2D eigenvalue weighted by molar-refractivity contribution is 7.54. The molecule has 2 N–H and O–H groups in total. The number of nitrogens with two attached hydrogens (primary N) is 1. The van der Waals surface area contributed by atoms with E-state index < -0.39 is 30.6 Å². The average molecular weight is 660 g/mol. The lowest BCUT2D eigenvalue weighted by Gasteiger charge is -2.26. The van der Waals surface area contributed by atoms with E-state index in [9.17, 15) is 18.9 Å². The second-order valence-corrected chi connectivity index (χ2v) is 14.7. The predicted octanol–water partition coefficient (Wildman–Crippen LogP) is 6.58. The van der Waals surface area contributed by atoms with Gasteiger partial charge in [-0.2, -0.15) is 4.98 Å². The van der Waals surface area contributed by atoms with Gasteiger partial charge >= 0.3 is 25.2 Å². The molecule has 0 amide bonds. The standard InChI is InChI=1S/C34H50N3O8P/c1-7-25(6)31(38)43-22-34(18-28(34)19-37-16-15-30(35)36-33(37)40)23-44-46(41,45-29-13-11-10-12-14-29)21-27(17-24(4)5)32(39)42-20-26(8-2)9-3/h10-16,19,24-27H,7-9,17-18,20-23H2,1-6H3,(H2,35,36,40)/b28-19-/t25?,27-,34?,46+/m1/s1. The second kappa shape index (κ2) is 16.9. The highest BCUT2D eigenvalue weighted by atomic mass is 31.2. The Morgan fingerprint density at radius 3 is 2.33 bits per heavy atom. The Morgan fingerprint density at radius 2 is 1.72 bits per heavy atom. The molecule has 1 fully saturated rings. The Kier molecular flexibility index (Phi) is 13.6. The number of nitrogens with zero attached hydrogens (tertiary/aromatic N) is 2. The Bertz CT molecular complexity index is 1440. The molecule has 1 aromatic heterocycles. The summed E-state index contributed by atoms with van der Waals surface area (Å²) >= 11 is 0. The fourth-order valence-corrected chi connectivity index (χ4v) is 6.91. The lowest BCUT2D eigenvalue weighted by atomic mass is 9.99. The minimum absolute atomic E-state index is 0.0443. The first-order chi connectivity index (χ1) is 21.8. The maximum Gasteiger partial charge on any atom is 0.380 e. The highest BCUT2D eigenvalue weighted by Gasteiger charge is 2.52. The van der Waals surface area contributed by atoms with Crippen LogP contribution in [-0.4, -0.2) is 47.5 Å². The minimum Gasteiger partial charge on any atom is -0.465 e. The van der Waals surface area contributed by atoms with Crippen LogP contribution in [0, 0.1) is 29.1 Å². The van der Waals surface area contributed by atoms with E-state index in [4.69, 9.17) is 24.3 Å². The summed E-state index contributed by atoms with van der Waals surface area (Å²) in [5.74, 6) is -1.02. The van der Waals surface area contributed by atoms with Crippen LogP contribution in [0.1, 0.15) is 73.6 Å². The van der Waals surface area contributed by atoms with Gasteiger partial charge in [-0.3, -0.25) is 18.7 Å². The van der Waals surface area contributed by atoms with E-state index in [0.29, 0.717) is 31.6 Å². The first-order valence-corrected chi connectivity index (χ1v) is 17.9. The van der Waals surface area contributed by atoms with Gasteiger partial charge in [-0.15, -0.1) is 0 Å². The van der Waals surface area contributed by atoms with Crippen LogP contribution < -0.4 is 15.9 Å². The molecular weight excluding hydrogens is 609 g/mol. The molecule has 46 heavy (non-hydrogen) atoms. The molecule has 1 aliphatic rings. The molecule has 0 spiro atoms. The zero-order chi connectivity index (χ0) is 33.9. The Hall–Kier alpha value is -3.43. The molecule has 12 heteroatoms. The first kappa shape index (κ1) is 37.0. The lowest BCUT2D eigenvalue weighted by molar-refractivity contribution is -0.151. The topological polar surface area (TPSA) is 149 Å². The SMILES string of the molecule is CCC(CC)COC(=O)[C@H](CC(C)C)C[P@](=O)(OCC1(COC(=O)C(C)CC)C/C1=C/n1ccc(N)nc1=O)Oc1ccccc1. The molecule has 4 atom stereocenters. The van der Waals surface area contributed by atoms with Gasteiger partial charge in [0.15, 0.2) is 0 Å². The second-order valence-electron chi connectivity index (χ2n) is 12.7. The minimum atomic E-state index is -3.99. The van der Waals surface area contributed by atoms with Gasteiger partial charge in [0, 0.05) is 12.4 Å². The summed E-state index contributed by atoms with van der Waals surface area (Å²) in [5.41, 5.74) is 4.97. The molecule has 0 aliphatic heterocycles. The number of carbonyl (C=O) groups is 2. The summed E-state index contributed by atoms with van der Waals surface area (Å²) in [6.45, 7) is 11.9. The first-order valence-electron chi connectivity index (χ1n) is 16.2. The van der Waals surface area contributed by atoms with Gasteiger partial charge in [0.2, 0.25) is 0 Å². The van der Waals surface area contributed by atoms with Crippen molar-refractivity contribution in [3.8, 4) is 5.75 Å². The lowest BCUT2D eigenvalue weighted by Crippen LogP contribution is -2.28. The molecule has 1 aliphatic carbocycles. The quantitative estimate of drug-likeness (QED) is 0.130. The fourth-order valence-electron chi connectivity index (χ4n) is 4.95. The molecule has 2 aromatic rings. The monoisotopic (exact) mass is 659 g/mol.